The lowest BCUT2D eigenvalue weighted by Gasteiger charge is -2.36. The largest absolute Gasteiger partial charge is 0.311 e. The molecule has 18 heavy (non-hydrogen) atoms. The maximum Gasteiger partial charge on any atom is 0.0598 e. The van der Waals surface area contributed by atoms with Crippen LogP contribution in [0.1, 0.15) is 51.9 Å². The molecule has 1 heterocycles. The van der Waals surface area contributed by atoms with E-state index in [2.05, 4.69) is 23.1 Å². The average molecular weight is 248 g/mol. The summed E-state index contributed by atoms with van der Waals surface area (Å²) in [5.74, 6) is 3.67. The Balaban J connectivity index is 1.69. The maximum atomic E-state index is 5.36. The van der Waals surface area contributed by atoms with Crippen molar-refractivity contribution in [3.63, 3.8) is 0 Å². The lowest BCUT2D eigenvalue weighted by Crippen LogP contribution is -2.47. The van der Waals surface area contributed by atoms with Gasteiger partial charge in [-0.1, -0.05) is 25.2 Å². The van der Waals surface area contributed by atoms with Crippen LogP contribution in [0.25, 0.3) is 0 Å². The van der Waals surface area contributed by atoms with E-state index < -0.39 is 0 Å². The molecule has 1 saturated heterocycles. The van der Waals surface area contributed by atoms with Crippen LogP contribution in [-0.2, 0) is 0 Å². The van der Waals surface area contributed by atoms with Gasteiger partial charge >= 0.3 is 0 Å². The van der Waals surface area contributed by atoms with E-state index in [-0.39, 0.29) is 0 Å². The number of terminal acetylenes is 1. The number of rotatable bonds is 4. The second-order valence-corrected chi connectivity index (χ2v) is 6.11. The van der Waals surface area contributed by atoms with E-state index in [1.165, 1.54) is 58.0 Å². The molecule has 0 aromatic heterocycles. The Bertz CT molecular complexity index is 267. The molecule has 102 valence electrons. The van der Waals surface area contributed by atoms with Gasteiger partial charge in [-0.25, -0.2) is 0 Å². The summed E-state index contributed by atoms with van der Waals surface area (Å²) in [5, 5.41) is 3.87. The van der Waals surface area contributed by atoms with Crippen LogP contribution in [0.4, 0.5) is 0 Å². The highest BCUT2D eigenvalue weighted by molar-refractivity contribution is 4.91. The Labute approximate surface area is 113 Å². The molecule has 0 unspecified atom stereocenters. The topological polar surface area (TPSA) is 15.3 Å². The second-order valence-electron chi connectivity index (χ2n) is 6.11. The minimum Gasteiger partial charge on any atom is -0.311 e. The van der Waals surface area contributed by atoms with Gasteiger partial charge in [-0.2, -0.15) is 0 Å². The van der Waals surface area contributed by atoms with Gasteiger partial charge < -0.3 is 5.32 Å². The van der Waals surface area contributed by atoms with Crippen molar-refractivity contribution < 1.29 is 0 Å². The number of piperidine rings is 1. The molecule has 1 N–H and O–H groups in total. The number of likely N-dealkylation sites (tertiary alicyclic amines) is 1. The molecule has 0 aromatic carbocycles. The first kappa shape index (κ1) is 13.9. The Morgan fingerprint density at radius 2 is 1.83 bits per heavy atom. The van der Waals surface area contributed by atoms with Crippen LogP contribution in [0.15, 0.2) is 0 Å². The summed E-state index contributed by atoms with van der Waals surface area (Å²) >= 11 is 0. The average Bonchev–Trinajstić information content (AvgIpc) is 2.42. The quantitative estimate of drug-likeness (QED) is 0.770. The highest BCUT2D eigenvalue weighted by Crippen LogP contribution is 2.27. The van der Waals surface area contributed by atoms with Crippen LogP contribution in [0.5, 0.6) is 0 Å². The third kappa shape index (κ3) is 4.00. The molecule has 2 fully saturated rings. The van der Waals surface area contributed by atoms with Crippen molar-refractivity contribution in [2.45, 2.75) is 64.0 Å². The predicted molar refractivity (Wildman–Crippen MR) is 77.5 cm³/mol. The Hall–Kier alpha value is -0.520. The van der Waals surface area contributed by atoms with Crippen molar-refractivity contribution in [2.75, 3.05) is 19.6 Å². The van der Waals surface area contributed by atoms with E-state index >= 15 is 0 Å². The summed E-state index contributed by atoms with van der Waals surface area (Å²) in [7, 11) is 0. The van der Waals surface area contributed by atoms with Crippen molar-refractivity contribution in [3.05, 3.63) is 0 Å². The minimum absolute atomic E-state index is 0.703. The fraction of sp³-hybridized carbons (Fsp3) is 0.875. The highest BCUT2D eigenvalue weighted by Gasteiger charge is 2.24. The molecule has 0 spiro atoms. The number of nitrogens with zero attached hydrogens (tertiary/aromatic N) is 1. The van der Waals surface area contributed by atoms with Gasteiger partial charge in [0.15, 0.2) is 0 Å². The van der Waals surface area contributed by atoms with Gasteiger partial charge in [-0.3, -0.25) is 4.90 Å². The molecule has 0 bridgehead atoms. The van der Waals surface area contributed by atoms with Gasteiger partial charge in [0.05, 0.1) is 6.54 Å². The minimum atomic E-state index is 0.703. The monoisotopic (exact) mass is 248 g/mol. The lowest BCUT2D eigenvalue weighted by molar-refractivity contribution is 0.189. The van der Waals surface area contributed by atoms with Crippen molar-refractivity contribution >= 4 is 0 Å². The zero-order chi connectivity index (χ0) is 12.8. The first-order valence-corrected chi connectivity index (χ1v) is 7.71. The van der Waals surface area contributed by atoms with Crippen LogP contribution in [0, 0.1) is 18.3 Å². The molecule has 1 saturated carbocycles. The van der Waals surface area contributed by atoms with Crippen molar-refractivity contribution in [1.82, 2.24) is 10.2 Å². The van der Waals surface area contributed by atoms with Crippen LogP contribution >= 0.6 is 0 Å². The SMILES string of the molecule is C#CCN1CCC(N[C@@H](C)C2CCCCC2)CC1. The molecule has 2 nitrogen and oxygen atoms in total. The lowest BCUT2D eigenvalue weighted by atomic mass is 9.84. The summed E-state index contributed by atoms with van der Waals surface area (Å²) in [6.45, 7) is 5.55. The molecule has 0 aromatic rings. The number of hydrogen-bond donors (Lipinski definition) is 1. The van der Waals surface area contributed by atoms with Gasteiger partial charge in [0, 0.05) is 25.2 Å². The smallest absolute Gasteiger partial charge is 0.0598 e. The summed E-state index contributed by atoms with van der Waals surface area (Å²) in [5.41, 5.74) is 0. The normalized spacial score (nSPS) is 25.8. The van der Waals surface area contributed by atoms with Crippen LogP contribution in [0.3, 0.4) is 0 Å². The van der Waals surface area contributed by atoms with Gasteiger partial charge in [-0.15, -0.1) is 6.42 Å². The van der Waals surface area contributed by atoms with Gasteiger partial charge in [0.1, 0.15) is 0 Å². The molecule has 2 heteroatoms. The summed E-state index contributed by atoms with van der Waals surface area (Å²) < 4.78 is 0. The Morgan fingerprint density at radius 3 is 2.44 bits per heavy atom. The Morgan fingerprint density at radius 1 is 1.17 bits per heavy atom. The van der Waals surface area contributed by atoms with Crippen molar-refractivity contribution in [1.29, 1.82) is 0 Å². The molecule has 0 radical (unpaired) electrons. The Kier molecular flexibility index (Phi) is 5.53. The first-order chi connectivity index (χ1) is 8.79. The first-order valence-electron chi connectivity index (χ1n) is 7.71. The summed E-state index contributed by atoms with van der Waals surface area (Å²) in [4.78, 5) is 2.39. The molecule has 2 rings (SSSR count). The van der Waals surface area contributed by atoms with E-state index in [4.69, 9.17) is 6.42 Å². The molecule has 0 amide bonds. The molecule has 1 aliphatic carbocycles. The van der Waals surface area contributed by atoms with E-state index in [1.54, 1.807) is 0 Å². The summed E-state index contributed by atoms with van der Waals surface area (Å²) in [6, 6.07) is 1.42. The maximum absolute atomic E-state index is 5.36. The third-order valence-corrected chi connectivity index (χ3v) is 4.76. The summed E-state index contributed by atoms with van der Waals surface area (Å²) in [6.07, 6.45) is 15.1. The predicted octanol–water partition coefficient (Wildman–Crippen LogP) is 2.64. The van der Waals surface area contributed by atoms with E-state index in [0.717, 1.165) is 18.5 Å². The molecular formula is C16H28N2. The zero-order valence-electron chi connectivity index (χ0n) is 11.8. The zero-order valence-corrected chi connectivity index (χ0v) is 11.8. The fourth-order valence-corrected chi connectivity index (χ4v) is 3.53. The van der Waals surface area contributed by atoms with E-state index in [0.29, 0.717) is 6.04 Å². The van der Waals surface area contributed by atoms with Crippen molar-refractivity contribution in [3.8, 4) is 12.3 Å². The van der Waals surface area contributed by atoms with Gasteiger partial charge in [-0.05, 0) is 38.5 Å². The van der Waals surface area contributed by atoms with Crippen LogP contribution < -0.4 is 5.32 Å². The number of hydrogen-bond acceptors (Lipinski definition) is 2. The fourth-order valence-electron chi connectivity index (χ4n) is 3.53. The van der Waals surface area contributed by atoms with Crippen molar-refractivity contribution in [2.24, 2.45) is 5.92 Å². The standard InChI is InChI=1S/C16H28N2/c1-3-11-18-12-9-16(10-13-18)17-14(2)15-7-5-4-6-8-15/h1,14-17H,4-13H2,2H3/t14-/m0/s1. The van der Waals surface area contributed by atoms with Gasteiger partial charge in [0.2, 0.25) is 0 Å². The highest BCUT2D eigenvalue weighted by atomic mass is 15.1. The molecule has 1 atom stereocenters. The van der Waals surface area contributed by atoms with Gasteiger partial charge in [0.25, 0.3) is 0 Å². The third-order valence-electron chi connectivity index (χ3n) is 4.76. The van der Waals surface area contributed by atoms with E-state index in [9.17, 15) is 0 Å². The molecular weight excluding hydrogens is 220 g/mol. The second kappa shape index (κ2) is 7.16. The van der Waals surface area contributed by atoms with Crippen LogP contribution in [-0.4, -0.2) is 36.6 Å². The van der Waals surface area contributed by atoms with Crippen LogP contribution in [0.2, 0.25) is 0 Å². The molecule has 2 aliphatic rings. The molecule has 1 aliphatic heterocycles. The number of nitrogens with one attached hydrogen (secondary N) is 1. The van der Waals surface area contributed by atoms with E-state index in [1.807, 2.05) is 0 Å².